The van der Waals surface area contributed by atoms with Crippen molar-refractivity contribution in [1.29, 1.82) is 0 Å². The van der Waals surface area contributed by atoms with Crippen molar-refractivity contribution in [2.75, 3.05) is 13.2 Å². The molecular formula is C23H34O9. The fourth-order valence-corrected chi connectivity index (χ4v) is 3.31. The molecule has 0 amide bonds. The van der Waals surface area contributed by atoms with Crippen LogP contribution in [0.15, 0.2) is 23.8 Å². The zero-order valence-electron chi connectivity index (χ0n) is 18.7. The van der Waals surface area contributed by atoms with Gasteiger partial charge in [0, 0.05) is 11.1 Å². The Hall–Kier alpha value is -2.17. The van der Waals surface area contributed by atoms with Crippen LogP contribution in [-0.2, 0) is 27.1 Å². The highest BCUT2D eigenvalue weighted by Crippen LogP contribution is 2.34. The molecule has 1 aliphatic heterocycles. The van der Waals surface area contributed by atoms with Crippen LogP contribution in [0.3, 0.4) is 0 Å². The third-order valence-electron chi connectivity index (χ3n) is 5.25. The third kappa shape index (κ3) is 6.66. The number of unbranched alkanes of at least 4 members (excludes halogenated alkanes) is 1. The molecule has 180 valence electrons. The van der Waals surface area contributed by atoms with Gasteiger partial charge in [0.05, 0.1) is 19.6 Å². The monoisotopic (exact) mass is 454 g/mol. The molecule has 9 nitrogen and oxygen atoms in total. The van der Waals surface area contributed by atoms with Gasteiger partial charge in [-0.2, -0.15) is 0 Å². The van der Waals surface area contributed by atoms with Gasteiger partial charge in [-0.1, -0.05) is 25.0 Å². The lowest BCUT2D eigenvalue weighted by Gasteiger charge is -2.39. The van der Waals surface area contributed by atoms with Gasteiger partial charge in [-0.25, -0.2) is 0 Å². The van der Waals surface area contributed by atoms with E-state index in [-0.39, 0.29) is 17.9 Å². The standard InChI is InChI=1S/C23H34O9/c1-4-5-10-30-19(26)11-15-14(7-6-13(2)3)17(9-8-16(15)25)31-23-22(29)21(28)20(27)18(12-24)32-23/h6,8-9,18,20-25,27-29H,4-5,7,10-12H2,1-3H3/t18-,20-,21+,22-,23-/m1/s1. The number of allylic oxidation sites excluding steroid dienone is 2. The second-order valence-corrected chi connectivity index (χ2v) is 8.09. The average Bonchev–Trinajstić information content (AvgIpc) is 2.75. The second kappa shape index (κ2) is 12.2. The second-order valence-electron chi connectivity index (χ2n) is 8.09. The summed E-state index contributed by atoms with van der Waals surface area (Å²) in [6.45, 7) is 5.50. The summed E-state index contributed by atoms with van der Waals surface area (Å²) in [6.07, 6.45) is -3.52. The van der Waals surface area contributed by atoms with Crippen LogP contribution >= 0.6 is 0 Å². The highest BCUT2D eigenvalue weighted by Gasteiger charge is 2.45. The first-order chi connectivity index (χ1) is 15.2. The lowest BCUT2D eigenvalue weighted by atomic mass is 9.97. The van der Waals surface area contributed by atoms with Gasteiger partial charge in [-0.15, -0.1) is 0 Å². The van der Waals surface area contributed by atoms with Crippen molar-refractivity contribution in [3.05, 3.63) is 34.9 Å². The summed E-state index contributed by atoms with van der Waals surface area (Å²) >= 11 is 0. The van der Waals surface area contributed by atoms with Crippen LogP contribution in [0.5, 0.6) is 11.5 Å². The van der Waals surface area contributed by atoms with E-state index in [1.54, 1.807) is 0 Å². The zero-order chi connectivity index (χ0) is 23.8. The number of benzene rings is 1. The Labute approximate surface area is 187 Å². The maximum atomic E-state index is 12.3. The Morgan fingerprint density at radius 3 is 2.47 bits per heavy atom. The number of carbonyl (C=O) groups excluding carboxylic acids is 1. The number of aromatic hydroxyl groups is 1. The topological polar surface area (TPSA) is 146 Å². The van der Waals surface area contributed by atoms with Crippen molar-refractivity contribution in [2.24, 2.45) is 0 Å². The average molecular weight is 455 g/mol. The highest BCUT2D eigenvalue weighted by atomic mass is 16.7. The molecule has 0 saturated carbocycles. The largest absolute Gasteiger partial charge is 0.508 e. The van der Waals surface area contributed by atoms with Gasteiger partial charge in [-0.05, 0) is 38.8 Å². The third-order valence-corrected chi connectivity index (χ3v) is 5.25. The number of phenols is 1. The van der Waals surface area contributed by atoms with E-state index in [1.165, 1.54) is 12.1 Å². The Bertz CT molecular complexity index is 786. The molecule has 9 heteroatoms. The van der Waals surface area contributed by atoms with Crippen LogP contribution in [0.1, 0.15) is 44.7 Å². The molecule has 1 fully saturated rings. The molecular weight excluding hydrogens is 420 g/mol. The number of rotatable bonds is 10. The van der Waals surface area contributed by atoms with Crippen LogP contribution in [0.25, 0.3) is 0 Å². The molecule has 0 unspecified atom stereocenters. The first-order valence-electron chi connectivity index (χ1n) is 10.8. The Morgan fingerprint density at radius 2 is 1.84 bits per heavy atom. The van der Waals surface area contributed by atoms with E-state index < -0.39 is 43.3 Å². The van der Waals surface area contributed by atoms with E-state index >= 15 is 0 Å². The van der Waals surface area contributed by atoms with Crippen LogP contribution in [0.2, 0.25) is 0 Å². The van der Waals surface area contributed by atoms with Crippen molar-refractivity contribution in [2.45, 2.75) is 77.2 Å². The van der Waals surface area contributed by atoms with E-state index in [1.807, 2.05) is 26.8 Å². The molecule has 32 heavy (non-hydrogen) atoms. The molecule has 1 aromatic rings. The number of hydrogen-bond acceptors (Lipinski definition) is 9. The summed E-state index contributed by atoms with van der Waals surface area (Å²) in [5.74, 6) is -0.367. The molecule has 0 bridgehead atoms. The van der Waals surface area contributed by atoms with Gasteiger partial charge >= 0.3 is 5.97 Å². The van der Waals surface area contributed by atoms with E-state index in [9.17, 15) is 30.3 Å². The molecule has 0 spiro atoms. The van der Waals surface area contributed by atoms with Gasteiger partial charge in [0.15, 0.2) is 0 Å². The number of esters is 1. The zero-order valence-corrected chi connectivity index (χ0v) is 18.7. The first kappa shape index (κ1) is 26.1. The summed E-state index contributed by atoms with van der Waals surface area (Å²) in [6, 6.07) is 2.83. The van der Waals surface area contributed by atoms with Crippen LogP contribution in [0.4, 0.5) is 0 Å². The van der Waals surface area contributed by atoms with E-state index in [2.05, 4.69) is 0 Å². The quantitative estimate of drug-likeness (QED) is 0.198. The SMILES string of the molecule is CCCCOC(=O)Cc1c(O)ccc(O[C@@H]2O[C@H](CO)[C@@H](O)[C@H](O)[C@H]2O)c1CC=C(C)C. The predicted octanol–water partition coefficient (Wildman–Crippen LogP) is 0.965. The normalized spacial score (nSPS) is 25.3. The predicted molar refractivity (Wildman–Crippen MR) is 115 cm³/mol. The molecule has 1 saturated heterocycles. The number of carbonyl (C=O) groups is 1. The lowest BCUT2D eigenvalue weighted by Crippen LogP contribution is -2.60. The summed E-state index contributed by atoms with van der Waals surface area (Å²) < 4.78 is 16.5. The minimum Gasteiger partial charge on any atom is -0.508 e. The molecule has 5 atom stereocenters. The van der Waals surface area contributed by atoms with Crippen LogP contribution < -0.4 is 4.74 Å². The maximum absolute atomic E-state index is 12.3. The van der Waals surface area contributed by atoms with Crippen molar-refractivity contribution < 1.29 is 44.5 Å². The van der Waals surface area contributed by atoms with E-state index in [0.717, 1.165) is 18.4 Å². The van der Waals surface area contributed by atoms with Gasteiger partial charge in [0.25, 0.3) is 0 Å². The van der Waals surface area contributed by atoms with Crippen molar-refractivity contribution in [3.8, 4) is 11.5 Å². The molecule has 2 rings (SSSR count). The smallest absolute Gasteiger partial charge is 0.310 e. The van der Waals surface area contributed by atoms with Crippen molar-refractivity contribution >= 4 is 5.97 Å². The van der Waals surface area contributed by atoms with E-state index in [0.29, 0.717) is 24.2 Å². The van der Waals surface area contributed by atoms with Crippen molar-refractivity contribution in [1.82, 2.24) is 0 Å². The number of ether oxygens (including phenoxy) is 3. The fourth-order valence-electron chi connectivity index (χ4n) is 3.31. The maximum Gasteiger partial charge on any atom is 0.310 e. The summed E-state index contributed by atoms with van der Waals surface area (Å²) in [4.78, 5) is 12.3. The van der Waals surface area contributed by atoms with Gasteiger partial charge in [-0.3, -0.25) is 4.79 Å². The van der Waals surface area contributed by atoms with Gasteiger partial charge in [0.2, 0.25) is 6.29 Å². The lowest BCUT2D eigenvalue weighted by molar-refractivity contribution is -0.277. The van der Waals surface area contributed by atoms with Crippen molar-refractivity contribution in [3.63, 3.8) is 0 Å². The van der Waals surface area contributed by atoms with Gasteiger partial charge in [0.1, 0.15) is 35.9 Å². The Kier molecular flexibility index (Phi) is 9.92. The number of aliphatic hydroxyl groups excluding tert-OH is 4. The first-order valence-corrected chi connectivity index (χ1v) is 10.8. The highest BCUT2D eigenvalue weighted by molar-refractivity contribution is 5.75. The Morgan fingerprint density at radius 1 is 1.12 bits per heavy atom. The summed E-state index contributed by atoms with van der Waals surface area (Å²) in [5, 5.41) is 50.1. The number of hydrogen-bond donors (Lipinski definition) is 5. The fraction of sp³-hybridized carbons (Fsp3) is 0.609. The molecule has 0 aliphatic carbocycles. The molecule has 1 aliphatic rings. The summed E-state index contributed by atoms with van der Waals surface area (Å²) in [5.41, 5.74) is 1.82. The Balaban J connectivity index is 2.34. The number of phenolic OH excluding ortho intramolecular Hbond substituents is 1. The summed E-state index contributed by atoms with van der Waals surface area (Å²) in [7, 11) is 0. The number of aliphatic hydroxyl groups is 4. The van der Waals surface area contributed by atoms with Crippen LogP contribution in [-0.4, -0.2) is 75.4 Å². The van der Waals surface area contributed by atoms with Crippen LogP contribution in [0, 0.1) is 0 Å². The minimum absolute atomic E-state index is 0.101. The molecule has 1 heterocycles. The molecule has 0 aromatic heterocycles. The minimum atomic E-state index is -1.59. The molecule has 1 aromatic carbocycles. The van der Waals surface area contributed by atoms with Gasteiger partial charge < -0.3 is 39.7 Å². The van der Waals surface area contributed by atoms with E-state index in [4.69, 9.17) is 14.2 Å². The molecule has 0 radical (unpaired) electrons. The molecule has 5 N–H and O–H groups in total.